The standard InChI is InChI=1S/C9H12N2O4/c1-5(2)15-9(14)6-4-11(3)10-7(6)8(12)13/h4-5H,1-3H3,(H,12,13). The predicted octanol–water partition coefficient (Wildman–Crippen LogP) is 0.683. The van der Waals surface area contributed by atoms with E-state index in [1.165, 1.54) is 10.9 Å². The molecule has 0 aliphatic rings. The molecule has 0 aliphatic carbocycles. The molecule has 1 aromatic rings. The third-order valence-corrected chi connectivity index (χ3v) is 1.59. The van der Waals surface area contributed by atoms with Gasteiger partial charge in [-0.3, -0.25) is 4.68 Å². The lowest BCUT2D eigenvalue weighted by Gasteiger charge is -2.06. The molecule has 0 atom stereocenters. The Hall–Kier alpha value is -1.85. The second-order valence-electron chi connectivity index (χ2n) is 3.32. The number of nitrogens with zero attached hydrogens (tertiary/aromatic N) is 2. The number of ether oxygens (including phenoxy) is 1. The normalized spacial score (nSPS) is 10.4. The first-order chi connectivity index (χ1) is 6.91. The van der Waals surface area contributed by atoms with Gasteiger partial charge in [-0.25, -0.2) is 9.59 Å². The summed E-state index contributed by atoms with van der Waals surface area (Å²) in [6.45, 7) is 3.38. The molecule has 0 unspecified atom stereocenters. The van der Waals surface area contributed by atoms with Gasteiger partial charge in [-0.1, -0.05) is 0 Å². The lowest BCUT2D eigenvalue weighted by atomic mass is 10.2. The molecule has 0 aromatic carbocycles. The lowest BCUT2D eigenvalue weighted by Crippen LogP contribution is -2.14. The minimum Gasteiger partial charge on any atom is -0.476 e. The monoisotopic (exact) mass is 212 g/mol. The summed E-state index contributed by atoms with van der Waals surface area (Å²) in [4.78, 5) is 22.2. The van der Waals surface area contributed by atoms with Gasteiger partial charge in [-0.15, -0.1) is 0 Å². The van der Waals surface area contributed by atoms with Crippen molar-refractivity contribution >= 4 is 11.9 Å². The molecular formula is C9H12N2O4. The van der Waals surface area contributed by atoms with E-state index in [1.807, 2.05) is 0 Å². The van der Waals surface area contributed by atoms with Crippen LogP contribution >= 0.6 is 0 Å². The van der Waals surface area contributed by atoms with Crippen LogP contribution in [0, 0.1) is 0 Å². The number of hydrogen-bond donors (Lipinski definition) is 1. The zero-order chi connectivity index (χ0) is 11.6. The highest BCUT2D eigenvalue weighted by atomic mass is 16.5. The molecule has 0 saturated carbocycles. The number of carboxylic acids is 1. The minimum atomic E-state index is -1.24. The number of aryl methyl sites for hydroxylation is 1. The van der Waals surface area contributed by atoms with Crippen LogP contribution in [-0.4, -0.2) is 32.9 Å². The zero-order valence-electron chi connectivity index (χ0n) is 8.72. The van der Waals surface area contributed by atoms with Crippen molar-refractivity contribution in [3.63, 3.8) is 0 Å². The van der Waals surface area contributed by atoms with E-state index in [9.17, 15) is 9.59 Å². The number of aromatic carboxylic acids is 1. The molecule has 1 aromatic heterocycles. The van der Waals surface area contributed by atoms with Crippen molar-refractivity contribution in [3.8, 4) is 0 Å². The Morgan fingerprint density at radius 3 is 2.60 bits per heavy atom. The van der Waals surface area contributed by atoms with E-state index < -0.39 is 11.9 Å². The molecular weight excluding hydrogens is 200 g/mol. The summed E-state index contributed by atoms with van der Waals surface area (Å²) in [5, 5.41) is 12.4. The van der Waals surface area contributed by atoms with Crippen molar-refractivity contribution in [1.29, 1.82) is 0 Å². The molecule has 1 N–H and O–H groups in total. The van der Waals surface area contributed by atoms with E-state index >= 15 is 0 Å². The third kappa shape index (κ3) is 2.55. The van der Waals surface area contributed by atoms with Crippen molar-refractivity contribution in [2.45, 2.75) is 20.0 Å². The summed E-state index contributed by atoms with van der Waals surface area (Å²) >= 11 is 0. The minimum absolute atomic E-state index is 0.0290. The molecule has 0 saturated heterocycles. The summed E-state index contributed by atoms with van der Waals surface area (Å²) in [5.41, 5.74) is -0.318. The van der Waals surface area contributed by atoms with Crippen LogP contribution in [0.1, 0.15) is 34.7 Å². The highest BCUT2D eigenvalue weighted by Gasteiger charge is 2.22. The van der Waals surface area contributed by atoms with E-state index in [0.717, 1.165) is 0 Å². The van der Waals surface area contributed by atoms with Gasteiger partial charge in [0.1, 0.15) is 5.56 Å². The molecule has 0 bridgehead atoms. The number of esters is 1. The fraction of sp³-hybridized carbons (Fsp3) is 0.444. The Kier molecular flexibility index (Phi) is 3.08. The number of carbonyl (C=O) groups is 2. The van der Waals surface area contributed by atoms with Crippen LogP contribution in [0.25, 0.3) is 0 Å². The molecule has 82 valence electrons. The van der Waals surface area contributed by atoms with Gasteiger partial charge < -0.3 is 9.84 Å². The molecule has 0 aliphatic heterocycles. The van der Waals surface area contributed by atoms with Crippen LogP contribution in [0.4, 0.5) is 0 Å². The van der Waals surface area contributed by atoms with Gasteiger partial charge in [-0.2, -0.15) is 5.10 Å². The van der Waals surface area contributed by atoms with Gasteiger partial charge in [0.05, 0.1) is 6.10 Å². The molecule has 1 rings (SSSR count). The fourth-order valence-electron chi connectivity index (χ4n) is 1.07. The van der Waals surface area contributed by atoms with Crippen LogP contribution in [0.15, 0.2) is 6.20 Å². The smallest absolute Gasteiger partial charge is 0.357 e. The summed E-state index contributed by atoms with van der Waals surface area (Å²) in [6.07, 6.45) is 1.04. The average molecular weight is 212 g/mol. The van der Waals surface area contributed by atoms with Crippen molar-refractivity contribution in [2.24, 2.45) is 7.05 Å². The SMILES string of the molecule is CC(C)OC(=O)c1cn(C)nc1C(=O)O. The van der Waals surface area contributed by atoms with Crippen molar-refractivity contribution in [3.05, 3.63) is 17.5 Å². The largest absolute Gasteiger partial charge is 0.476 e. The van der Waals surface area contributed by atoms with Crippen LogP contribution in [0.5, 0.6) is 0 Å². The number of hydrogen-bond acceptors (Lipinski definition) is 4. The van der Waals surface area contributed by atoms with Crippen LogP contribution in [0.3, 0.4) is 0 Å². The Bertz CT molecular complexity index is 395. The van der Waals surface area contributed by atoms with E-state index in [-0.39, 0.29) is 17.4 Å². The first-order valence-corrected chi connectivity index (χ1v) is 4.39. The molecule has 6 nitrogen and oxygen atoms in total. The summed E-state index contributed by atoms with van der Waals surface area (Å²) < 4.78 is 6.15. The van der Waals surface area contributed by atoms with Gasteiger partial charge in [0, 0.05) is 13.2 Å². The third-order valence-electron chi connectivity index (χ3n) is 1.59. The molecule has 0 spiro atoms. The Balaban J connectivity index is 3.02. The average Bonchev–Trinajstić information content (AvgIpc) is 2.46. The summed E-state index contributed by atoms with van der Waals surface area (Å²) in [7, 11) is 1.54. The van der Waals surface area contributed by atoms with Crippen LogP contribution < -0.4 is 0 Å². The van der Waals surface area contributed by atoms with Gasteiger partial charge in [0.25, 0.3) is 0 Å². The van der Waals surface area contributed by atoms with Gasteiger partial charge in [0.15, 0.2) is 5.69 Å². The highest BCUT2D eigenvalue weighted by Crippen LogP contribution is 2.09. The predicted molar refractivity (Wildman–Crippen MR) is 50.7 cm³/mol. The molecule has 1 heterocycles. The van der Waals surface area contributed by atoms with E-state index in [4.69, 9.17) is 9.84 Å². The molecule has 15 heavy (non-hydrogen) atoms. The maximum Gasteiger partial charge on any atom is 0.357 e. The van der Waals surface area contributed by atoms with E-state index in [0.29, 0.717) is 0 Å². The molecule has 0 amide bonds. The molecule has 6 heteroatoms. The first kappa shape index (κ1) is 11.2. The highest BCUT2D eigenvalue weighted by molar-refractivity contribution is 6.00. The quantitative estimate of drug-likeness (QED) is 0.745. The van der Waals surface area contributed by atoms with Crippen molar-refractivity contribution in [2.75, 3.05) is 0 Å². The van der Waals surface area contributed by atoms with Crippen LogP contribution in [-0.2, 0) is 11.8 Å². The number of rotatable bonds is 3. The Morgan fingerprint density at radius 2 is 2.13 bits per heavy atom. The maximum atomic E-state index is 11.5. The fourth-order valence-corrected chi connectivity index (χ4v) is 1.07. The summed E-state index contributed by atoms with van der Waals surface area (Å²) in [6, 6.07) is 0. The Morgan fingerprint density at radius 1 is 1.53 bits per heavy atom. The second-order valence-corrected chi connectivity index (χ2v) is 3.32. The van der Waals surface area contributed by atoms with Crippen molar-refractivity contribution < 1.29 is 19.4 Å². The Labute approximate surface area is 86.5 Å². The maximum absolute atomic E-state index is 11.5. The summed E-state index contributed by atoms with van der Waals surface area (Å²) in [5.74, 6) is -1.91. The van der Waals surface area contributed by atoms with Crippen LogP contribution in [0.2, 0.25) is 0 Å². The topological polar surface area (TPSA) is 81.4 Å². The van der Waals surface area contributed by atoms with Gasteiger partial charge in [-0.05, 0) is 13.8 Å². The lowest BCUT2D eigenvalue weighted by molar-refractivity contribution is 0.0371. The molecule has 0 fully saturated rings. The van der Waals surface area contributed by atoms with E-state index in [1.54, 1.807) is 20.9 Å². The number of carbonyl (C=O) groups excluding carboxylic acids is 1. The molecule has 0 radical (unpaired) electrons. The first-order valence-electron chi connectivity index (χ1n) is 4.39. The van der Waals surface area contributed by atoms with Gasteiger partial charge >= 0.3 is 11.9 Å². The van der Waals surface area contributed by atoms with Crippen molar-refractivity contribution in [1.82, 2.24) is 9.78 Å². The number of aromatic nitrogens is 2. The van der Waals surface area contributed by atoms with Gasteiger partial charge in [0.2, 0.25) is 0 Å². The number of carboxylic acid groups (broad SMARTS) is 1. The van der Waals surface area contributed by atoms with E-state index in [2.05, 4.69) is 5.10 Å². The zero-order valence-corrected chi connectivity index (χ0v) is 8.72. The second kappa shape index (κ2) is 4.12.